The van der Waals surface area contributed by atoms with Gasteiger partial charge in [0.15, 0.2) is 12.1 Å². The van der Waals surface area contributed by atoms with Crippen LogP contribution < -0.4 is 5.32 Å². The lowest BCUT2D eigenvalue weighted by atomic mass is 9.97. The third kappa shape index (κ3) is 5.66. The van der Waals surface area contributed by atoms with E-state index in [9.17, 15) is 19.2 Å². The van der Waals surface area contributed by atoms with Gasteiger partial charge in [0, 0.05) is 10.5 Å². The number of amides is 3. The largest absolute Gasteiger partial charge is 0.451 e. The van der Waals surface area contributed by atoms with E-state index in [-0.39, 0.29) is 5.57 Å². The summed E-state index contributed by atoms with van der Waals surface area (Å²) < 4.78 is 11.2. The molecule has 2 aromatic rings. The second-order valence-electron chi connectivity index (χ2n) is 9.50. The lowest BCUT2D eigenvalue weighted by Crippen LogP contribution is -2.74. The molecule has 196 valence electrons. The minimum atomic E-state index is -1.47. The Balaban J connectivity index is 1.64. The number of esters is 1. The van der Waals surface area contributed by atoms with Crippen LogP contribution in [-0.4, -0.2) is 51.8 Å². The third-order valence-electron chi connectivity index (χ3n) is 5.70. The molecule has 11 nitrogen and oxygen atoms in total. The van der Waals surface area contributed by atoms with Gasteiger partial charge in [-0.1, -0.05) is 60.7 Å². The van der Waals surface area contributed by atoms with Crippen molar-refractivity contribution in [1.82, 2.24) is 10.2 Å². The molecular formula is C26H25N5O6S. The zero-order valence-electron chi connectivity index (χ0n) is 20.8. The SMILES string of the molecule is CC(C)(C)OC(=O)NC1C(=O)N2C(C(=O)OC(c3ccccc3)c3ccccc3)C(C(=O)N=[N+]=[N-])=CS[C@H]12. The van der Waals surface area contributed by atoms with E-state index in [1.165, 1.54) is 5.41 Å². The van der Waals surface area contributed by atoms with Crippen molar-refractivity contribution in [3.05, 3.63) is 93.2 Å². The quantitative estimate of drug-likeness (QED) is 0.191. The van der Waals surface area contributed by atoms with Crippen molar-refractivity contribution in [3.63, 3.8) is 0 Å². The van der Waals surface area contributed by atoms with Crippen LogP contribution in [0.3, 0.4) is 0 Å². The highest BCUT2D eigenvalue weighted by atomic mass is 32.2. The van der Waals surface area contributed by atoms with Gasteiger partial charge in [0.2, 0.25) is 11.8 Å². The van der Waals surface area contributed by atoms with E-state index in [2.05, 4.69) is 15.3 Å². The maximum Gasteiger partial charge on any atom is 0.408 e. The molecule has 12 heteroatoms. The molecule has 1 fully saturated rings. The maximum atomic E-state index is 13.7. The van der Waals surface area contributed by atoms with Crippen molar-refractivity contribution < 1.29 is 28.7 Å². The Morgan fingerprint density at radius 3 is 2.16 bits per heavy atom. The Morgan fingerprint density at radius 2 is 1.63 bits per heavy atom. The molecule has 38 heavy (non-hydrogen) atoms. The molecule has 3 amide bonds. The Labute approximate surface area is 222 Å². The lowest BCUT2D eigenvalue weighted by molar-refractivity contribution is -0.165. The van der Waals surface area contributed by atoms with Crippen LogP contribution in [0.1, 0.15) is 38.0 Å². The standard InChI is InChI=1S/C26H25N5O6S/c1-26(2,3)37-25(35)28-18-22(33)31-19(17(14-38-23(18)31)21(32)29-30-27)24(34)36-20(15-10-6-4-7-11-15)16-12-8-5-9-13-16/h4-14,18-20,23H,1-3H3,(H,28,35)/t18?,19?,23-/m1/s1. The summed E-state index contributed by atoms with van der Waals surface area (Å²) in [6.07, 6.45) is -1.62. The van der Waals surface area contributed by atoms with Crippen LogP contribution in [-0.2, 0) is 23.9 Å². The predicted octanol–water partition coefficient (Wildman–Crippen LogP) is 4.22. The summed E-state index contributed by atoms with van der Waals surface area (Å²) in [6, 6.07) is 15.6. The number of hydrogen-bond acceptors (Lipinski definition) is 7. The second kappa shape index (κ2) is 11.0. The van der Waals surface area contributed by atoms with Gasteiger partial charge in [-0.05, 0) is 48.0 Å². The van der Waals surface area contributed by atoms with Gasteiger partial charge in [0.05, 0.1) is 0 Å². The molecule has 2 aliphatic heterocycles. The van der Waals surface area contributed by atoms with Crippen LogP contribution in [0.15, 0.2) is 76.8 Å². The molecule has 0 aliphatic carbocycles. The van der Waals surface area contributed by atoms with Gasteiger partial charge in [-0.3, -0.25) is 9.59 Å². The topological polar surface area (TPSA) is 151 Å². The molecule has 1 N–H and O–H groups in total. The van der Waals surface area contributed by atoms with Crippen molar-refractivity contribution >= 4 is 35.6 Å². The summed E-state index contributed by atoms with van der Waals surface area (Å²) in [7, 11) is 0. The van der Waals surface area contributed by atoms with E-state index in [1.807, 2.05) is 12.1 Å². The molecule has 2 aromatic carbocycles. The number of thioether (sulfide) groups is 1. The number of carbonyl (C=O) groups excluding carboxylic acids is 4. The average molecular weight is 536 g/mol. The Bertz CT molecular complexity index is 1280. The van der Waals surface area contributed by atoms with Gasteiger partial charge in [0.1, 0.15) is 17.0 Å². The summed E-state index contributed by atoms with van der Waals surface area (Å²) in [4.78, 5) is 55.4. The van der Waals surface area contributed by atoms with Gasteiger partial charge in [-0.2, -0.15) is 0 Å². The van der Waals surface area contributed by atoms with Crippen LogP contribution in [0.4, 0.5) is 4.79 Å². The number of hydrogen-bond donors (Lipinski definition) is 1. The van der Waals surface area contributed by atoms with E-state index < -0.39 is 53.0 Å². The number of β-lactam (4-membered cyclic amide) rings is 1. The van der Waals surface area contributed by atoms with Crippen molar-refractivity contribution in [1.29, 1.82) is 0 Å². The first-order valence-corrected chi connectivity index (χ1v) is 12.6. The second-order valence-corrected chi connectivity index (χ2v) is 10.5. The molecule has 0 aromatic heterocycles. The highest BCUT2D eigenvalue weighted by Gasteiger charge is 2.57. The van der Waals surface area contributed by atoms with Gasteiger partial charge in [0.25, 0.3) is 0 Å². The average Bonchev–Trinajstić information content (AvgIpc) is 2.89. The predicted molar refractivity (Wildman–Crippen MR) is 138 cm³/mol. The number of carbonyl (C=O) groups is 4. The summed E-state index contributed by atoms with van der Waals surface area (Å²) in [5, 5.41) is 6.29. The first-order chi connectivity index (χ1) is 18.1. The van der Waals surface area contributed by atoms with Gasteiger partial charge in [-0.15, -0.1) is 11.8 Å². The lowest BCUT2D eigenvalue weighted by Gasteiger charge is -2.51. The molecule has 0 spiro atoms. The van der Waals surface area contributed by atoms with Crippen LogP contribution >= 0.6 is 11.8 Å². The number of benzene rings is 2. The Hall–Kier alpha value is -4.28. The Morgan fingerprint density at radius 1 is 1.05 bits per heavy atom. The van der Waals surface area contributed by atoms with Crippen molar-refractivity contribution in [3.8, 4) is 0 Å². The molecule has 1 saturated heterocycles. The first-order valence-electron chi connectivity index (χ1n) is 11.7. The molecule has 0 bridgehead atoms. The number of nitrogens with zero attached hydrogens (tertiary/aromatic N) is 4. The molecule has 2 heterocycles. The van der Waals surface area contributed by atoms with Crippen molar-refractivity contribution in [2.24, 2.45) is 5.11 Å². The molecule has 2 unspecified atom stereocenters. The number of fused-ring (bicyclic) bond motifs is 1. The van der Waals surface area contributed by atoms with E-state index in [4.69, 9.17) is 15.0 Å². The van der Waals surface area contributed by atoms with Gasteiger partial charge < -0.3 is 19.7 Å². The third-order valence-corrected chi connectivity index (χ3v) is 6.87. The summed E-state index contributed by atoms with van der Waals surface area (Å²) >= 11 is 1.04. The fraction of sp³-hybridized carbons (Fsp3) is 0.308. The van der Waals surface area contributed by atoms with Crippen molar-refractivity contribution in [2.45, 2.75) is 49.9 Å². The number of nitrogens with one attached hydrogen (secondary N) is 1. The smallest absolute Gasteiger partial charge is 0.408 e. The summed E-state index contributed by atoms with van der Waals surface area (Å²) in [5.41, 5.74) is 9.19. The van der Waals surface area contributed by atoms with Gasteiger partial charge >= 0.3 is 12.1 Å². The van der Waals surface area contributed by atoms with Crippen LogP contribution in [0.5, 0.6) is 0 Å². The zero-order valence-corrected chi connectivity index (χ0v) is 21.6. The van der Waals surface area contributed by atoms with Crippen molar-refractivity contribution in [2.75, 3.05) is 0 Å². The Kier molecular flexibility index (Phi) is 7.75. The number of alkyl carbamates (subject to hydrolysis) is 1. The normalized spacial score (nSPS) is 20.3. The van der Waals surface area contributed by atoms with Gasteiger partial charge in [-0.25, -0.2) is 9.59 Å². The molecule has 3 atom stereocenters. The number of rotatable bonds is 6. The molecule has 2 aliphatic rings. The van der Waals surface area contributed by atoms with Crippen LogP contribution in [0.2, 0.25) is 0 Å². The minimum absolute atomic E-state index is 0.196. The summed E-state index contributed by atoms with van der Waals surface area (Å²) in [5.74, 6) is -2.50. The molecular weight excluding hydrogens is 510 g/mol. The van der Waals surface area contributed by atoms with E-state index >= 15 is 0 Å². The highest BCUT2D eigenvalue weighted by Crippen LogP contribution is 2.41. The number of azide groups is 1. The van der Waals surface area contributed by atoms with E-state index in [0.717, 1.165) is 16.7 Å². The monoisotopic (exact) mass is 535 g/mol. The molecule has 0 saturated carbocycles. The fourth-order valence-electron chi connectivity index (χ4n) is 4.10. The van der Waals surface area contributed by atoms with Crippen LogP contribution in [0, 0.1) is 0 Å². The zero-order chi connectivity index (χ0) is 27.4. The first kappa shape index (κ1) is 26.8. The number of ether oxygens (including phenoxy) is 2. The maximum absolute atomic E-state index is 13.7. The molecule has 0 radical (unpaired) electrons. The van der Waals surface area contributed by atoms with Crippen LogP contribution in [0.25, 0.3) is 10.4 Å². The van der Waals surface area contributed by atoms with E-state index in [1.54, 1.807) is 69.3 Å². The summed E-state index contributed by atoms with van der Waals surface area (Å²) in [6.45, 7) is 5.07. The highest BCUT2D eigenvalue weighted by molar-refractivity contribution is 8.03. The minimum Gasteiger partial charge on any atom is -0.451 e. The molecule has 4 rings (SSSR count). The van der Waals surface area contributed by atoms with E-state index in [0.29, 0.717) is 11.1 Å². The fourth-order valence-corrected chi connectivity index (χ4v) is 5.31.